The zero-order valence-electron chi connectivity index (χ0n) is 11.6. The summed E-state index contributed by atoms with van der Waals surface area (Å²) in [6, 6.07) is 10.8. The Labute approximate surface area is 121 Å². The molecule has 3 aromatic rings. The summed E-state index contributed by atoms with van der Waals surface area (Å²) < 4.78 is 7.08. The van der Waals surface area contributed by atoms with E-state index in [9.17, 15) is 4.79 Å². The molecular weight excluding hydrogens is 266 g/mol. The number of methoxy groups -OCH3 is 1. The zero-order chi connectivity index (χ0) is 14.8. The van der Waals surface area contributed by atoms with Crippen molar-refractivity contribution < 1.29 is 4.74 Å². The second-order valence-corrected chi connectivity index (χ2v) is 4.80. The molecule has 2 heterocycles. The van der Waals surface area contributed by atoms with E-state index in [4.69, 9.17) is 10.5 Å². The Morgan fingerprint density at radius 1 is 1.19 bits per heavy atom. The molecule has 0 aliphatic heterocycles. The molecule has 0 radical (unpaired) electrons. The number of hydrogen-bond donors (Lipinski definition) is 1. The van der Waals surface area contributed by atoms with Gasteiger partial charge in [-0.1, -0.05) is 0 Å². The molecule has 0 aliphatic rings. The highest BCUT2D eigenvalue weighted by Gasteiger charge is 2.05. The van der Waals surface area contributed by atoms with Crippen LogP contribution in [0.2, 0.25) is 0 Å². The number of rotatable bonds is 3. The summed E-state index contributed by atoms with van der Waals surface area (Å²) in [6.07, 6.45) is 3.47. The Balaban J connectivity index is 2.00. The van der Waals surface area contributed by atoms with Crippen LogP contribution < -0.4 is 15.9 Å². The highest BCUT2D eigenvalue weighted by Crippen LogP contribution is 2.23. The second-order valence-electron chi connectivity index (χ2n) is 4.80. The van der Waals surface area contributed by atoms with Crippen molar-refractivity contribution in [1.82, 2.24) is 9.55 Å². The van der Waals surface area contributed by atoms with Crippen molar-refractivity contribution in [2.24, 2.45) is 0 Å². The van der Waals surface area contributed by atoms with Crippen LogP contribution in [0.1, 0.15) is 5.56 Å². The number of hydrogen-bond acceptors (Lipinski definition) is 4. The molecule has 21 heavy (non-hydrogen) atoms. The first-order chi connectivity index (χ1) is 10.2. The number of nitrogens with zero attached hydrogens (tertiary/aromatic N) is 2. The average molecular weight is 281 g/mol. The van der Waals surface area contributed by atoms with Gasteiger partial charge in [0.05, 0.1) is 19.2 Å². The average Bonchev–Trinajstić information content (AvgIpc) is 2.50. The molecule has 5 nitrogen and oxygen atoms in total. The molecule has 0 saturated carbocycles. The SMILES string of the molecule is COc1ccc2cc(Cn3ccc(=O)cc3)c(N)nc2c1. The van der Waals surface area contributed by atoms with E-state index < -0.39 is 0 Å². The molecule has 0 aliphatic carbocycles. The lowest BCUT2D eigenvalue weighted by atomic mass is 10.1. The number of ether oxygens (including phenoxy) is 1. The maximum absolute atomic E-state index is 11.1. The van der Waals surface area contributed by atoms with Gasteiger partial charge in [-0.15, -0.1) is 0 Å². The molecule has 0 bridgehead atoms. The van der Waals surface area contributed by atoms with E-state index >= 15 is 0 Å². The Morgan fingerprint density at radius 2 is 1.95 bits per heavy atom. The van der Waals surface area contributed by atoms with Gasteiger partial charge in [-0.05, 0) is 18.2 Å². The van der Waals surface area contributed by atoms with Crippen LogP contribution in [-0.2, 0) is 6.54 Å². The van der Waals surface area contributed by atoms with Crippen molar-refractivity contribution in [3.05, 3.63) is 64.6 Å². The minimum atomic E-state index is -0.0112. The standard InChI is InChI=1S/C16H15N3O2/c1-21-14-3-2-11-8-12(16(17)18-15(11)9-14)10-19-6-4-13(20)5-7-19/h2-9H,10H2,1H3,(H2,17,18). The van der Waals surface area contributed by atoms with Crippen molar-refractivity contribution in [3.63, 3.8) is 0 Å². The van der Waals surface area contributed by atoms with Crippen molar-refractivity contribution in [2.75, 3.05) is 12.8 Å². The lowest BCUT2D eigenvalue weighted by molar-refractivity contribution is 0.415. The Bertz CT molecular complexity index is 835. The van der Waals surface area contributed by atoms with E-state index in [0.717, 1.165) is 22.2 Å². The van der Waals surface area contributed by atoms with Gasteiger partial charge in [-0.3, -0.25) is 4.79 Å². The third kappa shape index (κ3) is 2.72. The van der Waals surface area contributed by atoms with Crippen LogP contribution in [0.3, 0.4) is 0 Å². The number of nitrogen functional groups attached to an aromatic ring is 1. The zero-order valence-corrected chi connectivity index (χ0v) is 11.6. The quantitative estimate of drug-likeness (QED) is 0.797. The van der Waals surface area contributed by atoms with Gasteiger partial charge in [0.15, 0.2) is 5.43 Å². The van der Waals surface area contributed by atoms with E-state index in [1.807, 2.05) is 28.8 Å². The van der Waals surface area contributed by atoms with Crippen molar-refractivity contribution in [3.8, 4) is 5.75 Å². The fraction of sp³-hybridized carbons (Fsp3) is 0.125. The van der Waals surface area contributed by atoms with E-state index in [-0.39, 0.29) is 5.43 Å². The van der Waals surface area contributed by atoms with Gasteiger partial charge < -0.3 is 15.0 Å². The molecule has 2 N–H and O–H groups in total. The van der Waals surface area contributed by atoms with Crippen molar-refractivity contribution in [1.29, 1.82) is 0 Å². The monoisotopic (exact) mass is 281 g/mol. The number of anilines is 1. The van der Waals surface area contributed by atoms with E-state index in [1.54, 1.807) is 19.5 Å². The van der Waals surface area contributed by atoms with Crippen LogP contribution in [0.25, 0.3) is 10.9 Å². The van der Waals surface area contributed by atoms with Gasteiger partial charge in [0.1, 0.15) is 11.6 Å². The Hall–Kier alpha value is -2.82. The molecule has 0 atom stereocenters. The van der Waals surface area contributed by atoms with Crippen LogP contribution >= 0.6 is 0 Å². The third-order valence-corrected chi connectivity index (χ3v) is 3.35. The molecule has 0 unspecified atom stereocenters. The lowest BCUT2D eigenvalue weighted by Gasteiger charge is -2.10. The van der Waals surface area contributed by atoms with Gasteiger partial charge in [0, 0.05) is 41.5 Å². The van der Waals surface area contributed by atoms with Gasteiger partial charge in [-0.25, -0.2) is 4.98 Å². The maximum atomic E-state index is 11.1. The second kappa shape index (κ2) is 5.28. The van der Waals surface area contributed by atoms with Gasteiger partial charge in [0.25, 0.3) is 0 Å². The fourth-order valence-corrected chi connectivity index (χ4v) is 2.20. The Kier molecular flexibility index (Phi) is 3.31. The smallest absolute Gasteiger partial charge is 0.181 e. The number of pyridine rings is 2. The largest absolute Gasteiger partial charge is 0.497 e. The first-order valence-corrected chi connectivity index (χ1v) is 6.55. The molecule has 2 aromatic heterocycles. The Morgan fingerprint density at radius 3 is 2.67 bits per heavy atom. The molecule has 0 fully saturated rings. The summed E-state index contributed by atoms with van der Waals surface area (Å²) in [5.74, 6) is 1.23. The van der Waals surface area contributed by atoms with Crippen LogP contribution in [-0.4, -0.2) is 16.7 Å². The minimum absolute atomic E-state index is 0.0112. The third-order valence-electron chi connectivity index (χ3n) is 3.35. The molecule has 3 rings (SSSR count). The molecule has 5 heteroatoms. The van der Waals surface area contributed by atoms with Crippen LogP contribution in [0, 0.1) is 0 Å². The molecule has 1 aromatic carbocycles. The summed E-state index contributed by atoms with van der Waals surface area (Å²) in [5, 5.41) is 1.00. The van der Waals surface area contributed by atoms with Crippen molar-refractivity contribution >= 4 is 16.7 Å². The van der Waals surface area contributed by atoms with Crippen LogP contribution in [0.4, 0.5) is 5.82 Å². The number of benzene rings is 1. The summed E-state index contributed by atoms with van der Waals surface area (Å²) in [7, 11) is 1.62. The molecular formula is C16H15N3O2. The highest BCUT2D eigenvalue weighted by atomic mass is 16.5. The molecule has 0 saturated heterocycles. The summed E-state index contributed by atoms with van der Waals surface area (Å²) in [5.41, 5.74) is 7.73. The van der Waals surface area contributed by atoms with E-state index in [2.05, 4.69) is 4.98 Å². The molecule has 106 valence electrons. The van der Waals surface area contributed by atoms with Gasteiger partial charge >= 0.3 is 0 Å². The minimum Gasteiger partial charge on any atom is -0.497 e. The maximum Gasteiger partial charge on any atom is 0.181 e. The normalized spacial score (nSPS) is 10.7. The lowest BCUT2D eigenvalue weighted by Crippen LogP contribution is -2.07. The van der Waals surface area contributed by atoms with Crippen molar-refractivity contribution in [2.45, 2.75) is 6.54 Å². The predicted octanol–water partition coefficient (Wildman–Crippen LogP) is 2.04. The first kappa shape index (κ1) is 13.2. The molecule has 0 spiro atoms. The topological polar surface area (TPSA) is 70.1 Å². The predicted molar refractivity (Wildman–Crippen MR) is 82.5 cm³/mol. The van der Waals surface area contributed by atoms with Gasteiger partial charge in [-0.2, -0.15) is 0 Å². The van der Waals surface area contributed by atoms with Crippen LogP contribution in [0.5, 0.6) is 5.75 Å². The van der Waals surface area contributed by atoms with E-state index in [0.29, 0.717) is 12.4 Å². The van der Waals surface area contributed by atoms with Gasteiger partial charge in [0.2, 0.25) is 0 Å². The number of fused-ring (bicyclic) bond motifs is 1. The number of nitrogens with two attached hydrogens (primary N) is 1. The van der Waals surface area contributed by atoms with Crippen LogP contribution in [0.15, 0.2) is 53.6 Å². The summed E-state index contributed by atoms with van der Waals surface area (Å²) in [6.45, 7) is 0.571. The molecule has 0 amide bonds. The summed E-state index contributed by atoms with van der Waals surface area (Å²) >= 11 is 0. The highest BCUT2D eigenvalue weighted by molar-refractivity contribution is 5.82. The fourth-order valence-electron chi connectivity index (χ4n) is 2.20. The number of aromatic nitrogens is 2. The first-order valence-electron chi connectivity index (χ1n) is 6.55. The summed E-state index contributed by atoms with van der Waals surface area (Å²) in [4.78, 5) is 15.5. The van der Waals surface area contributed by atoms with E-state index in [1.165, 1.54) is 12.1 Å².